The van der Waals surface area contributed by atoms with E-state index in [1.54, 1.807) is 24.3 Å². The third-order valence-electron chi connectivity index (χ3n) is 4.05. The molecule has 24 heavy (non-hydrogen) atoms. The van der Waals surface area contributed by atoms with Crippen LogP contribution in [0.15, 0.2) is 42.5 Å². The van der Waals surface area contributed by atoms with Gasteiger partial charge in [-0.3, -0.25) is 14.5 Å². The highest BCUT2D eigenvalue weighted by molar-refractivity contribution is 6.21. The predicted octanol–water partition coefficient (Wildman–Crippen LogP) is 2.34. The number of hydrogen-bond donors (Lipinski definition) is 1. The average Bonchev–Trinajstić information content (AvgIpc) is 2.81. The first-order valence-electron chi connectivity index (χ1n) is 7.80. The number of aliphatic hydroxyl groups is 1. The molecular weight excluding hydrogens is 306 g/mol. The number of fused-ring (bicyclic) bond motifs is 1. The molecule has 1 atom stereocenters. The lowest BCUT2D eigenvalue weighted by atomic mass is 10.1. The Hall–Kier alpha value is -2.66. The molecule has 1 aliphatic heterocycles. The Balaban J connectivity index is 1.64. The standard InChI is InChI=1S/C19H19NO4/c1-12-7-8-13(2)17(9-12)24-11-14(21)10-20-18(22)15-5-3-4-6-16(15)19(20)23/h3-9,14,21H,10-11H2,1-2H3. The van der Waals surface area contributed by atoms with Crippen LogP contribution in [-0.2, 0) is 0 Å². The van der Waals surface area contributed by atoms with Gasteiger partial charge in [0.25, 0.3) is 11.8 Å². The fourth-order valence-corrected chi connectivity index (χ4v) is 2.72. The molecule has 0 spiro atoms. The summed E-state index contributed by atoms with van der Waals surface area (Å²) in [6, 6.07) is 12.5. The molecule has 0 saturated carbocycles. The second kappa shape index (κ2) is 6.45. The lowest BCUT2D eigenvalue weighted by Crippen LogP contribution is -2.39. The van der Waals surface area contributed by atoms with Crippen molar-refractivity contribution >= 4 is 11.8 Å². The van der Waals surface area contributed by atoms with Gasteiger partial charge in [0.15, 0.2) is 0 Å². The number of amides is 2. The molecule has 1 unspecified atom stereocenters. The maximum atomic E-state index is 12.3. The Kier molecular flexibility index (Phi) is 4.36. The van der Waals surface area contributed by atoms with Crippen LogP contribution in [0.25, 0.3) is 0 Å². The number of ether oxygens (including phenoxy) is 1. The summed E-state index contributed by atoms with van der Waals surface area (Å²) >= 11 is 0. The topological polar surface area (TPSA) is 66.8 Å². The van der Waals surface area contributed by atoms with Gasteiger partial charge in [-0.25, -0.2) is 0 Å². The Labute approximate surface area is 140 Å². The van der Waals surface area contributed by atoms with E-state index < -0.39 is 6.10 Å². The van der Waals surface area contributed by atoms with Gasteiger partial charge in [-0.1, -0.05) is 24.3 Å². The van der Waals surface area contributed by atoms with Crippen LogP contribution >= 0.6 is 0 Å². The zero-order valence-electron chi connectivity index (χ0n) is 13.7. The van der Waals surface area contributed by atoms with Crippen LogP contribution in [0.4, 0.5) is 0 Å². The summed E-state index contributed by atoms with van der Waals surface area (Å²) in [5.41, 5.74) is 2.79. The lowest BCUT2D eigenvalue weighted by Gasteiger charge is -2.19. The van der Waals surface area contributed by atoms with Crippen molar-refractivity contribution in [1.29, 1.82) is 0 Å². The van der Waals surface area contributed by atoms with Crippen molar-refractivity contribution in [3.8, 4) is 5.75 Å². The zero-order chi connectivity index (χ0) is 17.3. The van der Waals surface area contributed by atoms with Gasteiger partial charge in [0.1, 0.15) is 18.5 Å². The van der Waals surface area contributed by atoms with E-state index in [2.05, 4.69) is 0 Å². The van der Waals surface area contributed by atoms with Crippen LogP contribution in [0.2, 0.25) is 0 Å². The molecular formula is C19H19NO4. The summed E-state index contributed by atoms with van der Waals surface area (Å²) in [4.78, 5) is 25.6. The Bertz CT molecular complexity index is 765. The molecule has 0 aromatic heterocycles. The van der Waals surface area contributed by atoms with Gasteiger partial charge in [0.2, 0.25) is 0 Å². The molecule has 1 aliphatic rings. The van der Waals surface area contributed by atoms with Gasteiger partial charge in [-0.2, -0.15) is 0 Å². The van der Waals surface area contributed by atoms with Crippen molar-refractivity contribution < 1.29 is 19.4 Å². The molecule has 2 amide bonds. The highest BCUT2D eigenvalue weighted by atomic mass is 16.5. The quantitative estimate of drug-likeness (QED) is 0.857. The van der Waals surface area contributed by atoms with E-state index in [4.69, 9.17) is 4.74 Å². The van der Waals surface area contributed by atoms with Crippen molar-refractivity contribution in [2.24, 2.45) is 0 Å². The van der Waals surface area contributed by atoms with E-state index in [1.165, 1.54) is 0 Å². The minimum absolute atomic E-state index is 0.0116. The van der Waals surface area contributed by atoms with E-state index in [0.29, 0.717) is 16.9 Å². The fourth-order valence-electron chi connectivity index (χ4n) is 2.72. The summed E-state index contributed by atoms with van der Waals surface area (Å²) in [5.74, 6) is -0.0563. The first-order chi connectivity index (χ1) is 11.5. The average molecular weight is 325 g/mol. The first-order valence-corrected chi connectivity index (χ1v) is 7.80. The van der Waals surface area contributed by atoms with E-state index in [0.717, 1.165) is 16.0 Å². The molecule has 2 aromatic carbocycles. The van der Waals surface area contributed by atoms with Crippen molar-refractivity contribution in [3.05, 3.63) is 64.7 Å². The minimum atomic E-state index is -0.952. The monoisotopic (exact) mass is 325 g/mol. The number of hydrogen-bond acceptors (Lipinski definition) is 4. The van der Waals surface area contributed by atoms with Gasteiger partial charge in [-0.15, -0.1) is 0 Å². The summed E-state index contributed by atoms with van der Waals surface area (Å²) < 4.78 is 5.64. The number of nitrogens with zero attached hydrogens (tertiary/aromatic N) is 1. The van der Waals surface area contributed by atoms with Crippen LogP contribution in [0.3, 0.4) is 0 Å². The fraction of sp³-hybridized carbons (Fsp3) is 0.263. The molecule has 2 aromatic rings. The normalized spacial score (nSPS) is 14.7. The molecule has 1 N–H and O–H groups in total. The summed E-state index contributed by atoms with van der Waals surface area (Å²) in [6.07, 6.45) is -0.952. The van der Waals surface area contributed by atoms with Gasteiger partial charge >= 0.3 is 0 Å². The van der Waals surface area contributed by atoms with E-state index in [1.807, 2.05) is 32.0 Å². The molecule has 0 fully saturated rings. The first kappa shape index (κ1) is 16.2. The molecule has 0 radical (unpaired) electrons. The largest absolute Gasteiger partial charge is 0.491 e. The van der Waals surface area contributed by atoms with Crippen molar-refractivity contribution in [2.75, 3.05) is 13.2 Å². The number of imide groups is 1. The second-order valence-electron chi connectivity index (χ2n) is 6.00. The third-order valence-corrected chi connectivity index (χ3v) is 4.05. The van der Waals surface area contributed by atoms with Gasteiger partial charge in [0.05, 0.1) is 17.7 Å². The number of rotatable bonds is 5. The predicted molar refractivity (Wildman–Crippen MR) is 89.2 cm³/mol. The Morgan fingerprint density at radius 2 is 1.67 bits per heavy atom. The molecule has 1 heterocycles. The smallest absolute Gasteiger partial charge is 0.261 e. The van der Waals surface area contributed by atoms with Crippen LogP contribution in [0.5, 0.6) is 5.75 Å². The highest BCUT2D eigenvalue weighted by Crippen LogP contribution is 2.23. The van der Waals surface area contributed by atoms with Crippen molar-refractivity contribution in [3.63, 3.8) is 0 Å². The summed E-state index contributed by atoms with van der Waals surface area (Å²) in [7, 11) is 0. The zero-order valence-corrected chi connectivity index (χ0v) is 13.7. The van der Waals surface area contributed by atoms with Crippen LogP contribution in [-0.4, -0.2) is 41.1 Å². The molecule has 0 aliphatic carbocycles. The summed E-state index contributed by atoms with van der Waals surface area (Å²) in [6.45, 7) is 3.81. The number of carbonyl (C=O) groups excluding carboxylic acids is 2. The van der Waals surface area contributed by atoms with Crippen molar-refractivity contribution in [1.82, 2.24) is 4.90 Å². The van der Waals surface area contributed by atoms with Gasteiger partial charge < -0.3 is 9.84 Å². The number of β-amino-alcohol motifs (C(OH)–C–C–N with tert-alkyl or cyclic N) is 1. The van der Waals surface area contributed by atoms with Crippen molar-refractivity contribution in [2.45, 2.75) is 20.0 Å². The van der Waals surface area contributed by atoms with Crippen LogP contribution < -0.4 is 4.74 Å². The van der Waals surface area contributed by atoms with Gasteiger partial charge in [-0.05, 0) is 43.2 Å². The maximum Gasteiger partial charge on any atom is 0.261 e. The van der Waals surface area contributed by atoms with Crippen LogP contribution in [0, 0.1) is 13.8 Å². The molecule has 5 nitrogen and oxygen atoms in total. The SMILES string of the molecule is Cc1ccc(C)c(OCC(O)CN2C(=O)c3ccccc3C2=O)c1. The third kappa shape index (κ3) is 3.03. The molecule has 0 bridgehead atoms. The van der Waals surface area contributed by atoms with E-state index in [-0.39, 0.29) is 25.0 Å². The molecule has 3 rings (SSSR count). The minimum Gasteiger partial charge on any atom is -0.491 e. The number of carbonyl (C=O) groups is 2. The molecule has 124 valence electrons. The van der Waals surface area contributed by atoms with E-state index in [9.17, 15) is 14.7 Å². The number of benzene rings is 2. The number of aryl methyl sites for hydroxylation is 2. The van der Waals surface area contributed by atoms with Crippen LogP contribution in [0.1, 0.15) is 31.8 Å². The lowest BCUT2D eigenvalue weighted by molar-refractivity contribution is 0.0456. The molecule has 5 heteroatoms. The Morgan fingerprint density at radius 1 is 1.04 bits per heavy atom. The van der Waals surface area contributed by atoms with E-state index >= 15 is 0 Å². The number of aliphatic hydroxyl groups excluding tert-OH is 1. The Morgan fingerprint density at radius 3 is 2.29 bits per heavy atom. The highest BCUT2D eigenvalue weighted by Gasteiger charge is 2.36. The maximum absolute atomic E-state index is 12.3. The van der Waals surface area contributed by atoms with Gasteiger partial charge in [0, 0.05) is 0 Å². The summed E-state index contributed by atoms with van der Waals surface area (Å²) in [5, 5.41) is 10.2. The molecule has 0 saturated heterocycles. The second-order valence-corrected chi connectivity index (χ2v) is 6.00.